The van der Waals surface area contributed by atoms with Gasteiger partial charge in [-0.25, -0.2) is 13.1 Å². The van der Waals surface area contributed by atoms with Gasteiger partial charge >= 0.3 is 0 Å². The lowest BCUT2D eigenvalue weighted by atomic mass is 10.3. The van der Waals surface area contributed by atoms with Crippen molar-refractivity contribution < 1.29 is 13.5 Å². The van der Waals surface area contributed by atoms with Gasteiger partial charge in [-0.2, -0.15) is 5.10 Å². The monoisotopic (exact) mass is 287 g/mol. The van der Waals surface area contributed by atoms with Gasteiger partial charge < -0.3 is 5.11 Å². The summed E-state index contributed by atoms with van der Waals surface area (Å²) in [5.41, 5.74) is 1.06. The molecule has 2 rings (SSSR count). The van der Waals surface area contributed by atoms with Gasteiger partial charge in [0, 0.05) is 6.04 Å². The van der Waals surface area contributed by atoms with Crippen molar-refractivity contribution >= 4 is 10.0 Å². The average Bonchev–Trinajstić information content (AvgIpc) is 2.88. The van der Waals surface area contributed by atoms with E-state index in [1.54, 1.807) is 18.5 Å². The molecule has 7 heteroatoms. The smallest absolute Gasteiger partial charge is 0.244 e. The number of aromatic nitrogens is 2. The van der Waals surface area contributed by atoms with Crippen LogP contribution in [0.2, 0.25) is 0 Å². The maximum absolute atomic E-state index is 12.4. The van der Waals surface area contributed by atoms with Crippen LogP contribution in [0.3, 0.4) is 0 Å². The first-order chi connectivity index (χ1) is 8.95. The lowest BCUT2D eigenvalue weighted by Gasteiger charge is -2.12. The molecule has 2 N–H and O–H groups in total. The van der Waals surface area contributed by atoms with E-state index in [-0.39, 0.29) is 17.5 Å². The Morgan fingerprint density at radius 1 is 1.37 bits per heavy atom. The molecule has 0 spiro atoms. The molecule has 0 bridgehead atoms. The molecule has 0 unspecified atom stereocenters. The highest BCUT2D eigenvalue weighted by molar-refractivity contribution is 7.89. The second-order valence-corrected chi connectivity index (χ2v) is 6.70. The Balaban J connectivity index is 2.29. The summed E-state index contributed by atoms with van der Waals surface area (Å²) < 4.78 is 29.1. The summed E-state index contributed by atoms with van der Waals surface area (Å²) in [5, 5.41) is 13.1. The summed E-state index contributed by atoms with van der Waals surface area (Å²) in [7, 11) is -3.52. The van der Waals surface area contributed by atoms with E-state index >= 15 is 0 Å². The summed E-state index contributed by atoms with van der Waals surface area (Å²) in [6.45, 7) is 3.66. The highest BCUT2D eigenvalue weighted by Crippen LogP contribution is 2.23. The fraction of sp³-hybridized carbons (Fsp3) is 0.750. The number of aliphatic hydroxyl groups excluding tert-OH is 1. The molecule has 1 saturated carbocycles. The van der Waals surface area contributed by atoms with Crippen LogP contribution in [0.1, 0.15) is 37.1 Å². The van der Waals surface area contributed by atoms with Crippen LogP contribution in [0.15, 0.2) is 4.90 Å². The van der Waals surface area contributed by atoms with E-state index in [1.165, 1.54) is 0 Å². The first-order valence-corrected chi connectivity index (χ1v) is 8.11. The number of rotatable bonds is 5. The minimum atomic E-state index is -3.52. The van der Waals surface area contributed by atoms with Gasteiger partial charge in [-0.1, -0.05) is 12.8 Å². The number of aryl methyl sites for hydroxylation is 1. The van der Waals surface area contributed by atoms with Crippen molar-refractivity contribution in [3.05, 3.63) is 11.4 Å². The quantitative estimate of drug-likeness (QED) is 0.835. The van der Waals surface area contributed by atoms with Crippen LogP contribution in [0.5, 0.6) is 0 Å². The van der Waals surface area contributed by atoms with Gasteiger partial charge in [0.25, 0.3) is 0 Å². The van der Waals surface area contributed by atoms with Crippen molar-refractivity contribution in [2.75, 3.05) is 6.61 Å². The van der Waals surface area contributed by atoms with Crippen LogP contribution in [0, 0.1) is 13.8 Å². The summed E-state index contributed by atoms with van der Waals surface area (Å²) in [6.07, 6.45) is 3.97. The zero-order valence-electron chi connectivity index (χ0n) is 11.4. The number of hydrogen-bond acceptors (Lipinski definition) is 4. The van der Waals surface area contributed by atoms with Crippen molar-refractivity contribution in [2.45, 2.75) is 57.0 Å². The molecule has 0 saturated heterocycles. The molecule has 0 amide bonds. The molecular formula is C12H21N3O3S. The minimum absolute atomic E-state index is 0.0463. The zero-order valence-corrected chi connectivity index (χ0v) is 12.2. The Hall–Kier alpha value is -0.920. The van der Waals surface area contributed by atoms with E-state index in [1.807, 2.05) is 0 Å². The van der Waals surface area contributed by atoms with Crippen LogP contribution in [-0.4, -0.2) is 36.0 Å². The Labute approximate surface area is 113 Å². The highest BCUT2D eigenvalue weighted by atomic mass is 32.2. The molecule has 6 nitrogen and oxygen atoms in total. The Kier molecular flexibility index (Phi) is 4.27. The van der Waals surface area contributed by atoms with Crippen molar-refractivity contribution in [1.29, 1.82) is 0 Å². The average molecular weight is 287 g/mol. The van der Waals surface area contributed by atoms with Crippen molar-refractivity contribution in [3.63, 3.8) is 0 Å². The summed E-state index contributed by atoms with van der Waals surface area (Å²) in [5.74, 6) is 0. The van der Waals surface area contributed by atoms with Crippen LogP contribution in [0.25, 0.3) is 0 Å². The standard InChI is InChI=1S/C12H21N3O3S/c1-9-12(10(2)15(13-9)7-8-16)19(17,18)14-11-5-3-4-6-11/h11,14,16H,3-8H2,1-2H3. The fourth-order valence-corrected chi connectivity index (χ4v) is 4.42. The number of aliphatic hydroxyl groups is 1. The van der Waals surface area contributed by atoms with Crippen molar-refractivity contribution in [2.24, 2.45) is 0 Å². The van der Waals surface area contributed by atoms with E-state index in [0.717, 1.165) is 25.7 Å². The van der Waals surface area contributed by atoms with Gasteiger partial charge in [-0.3, -0.25) is 4.68 Å². The fourth-order valence-electron chi connectivity index (χ4n) is 2.70. The molecule has 1 aromatic heterocycles. The molecule has 1 aliphatic carbocycles. The minimum Gasteiger partial charge on any atom is -0.394 e. The number of hydrogen-bond donors (Lipinski definition) is 2. The van der Waals surface area contributed by atoms with Gasteiger partial charge in [0.2, 0.25) is 10.0 Å². The predicted molar refractivity (Wildman–Crippen MR) is 71.4 cm³/mol. The molecule has 0 atom stereocenters. The predicted octanol–water partition coefficient (Wildman–Crippen LogP) is 0.713. The summed E-state index contributed by atoms with van der Waals surface area (Å²) in [6, 6.07) is 0.0463. The Bertz CT molecular complexity index is 545. The summed E-state index contributed by atoms with van der Waals surface area (Å²) in [4.78, 5) is 0.257. The lowest BCUT2D eigenvalue weighted by molar-refractivity contribution is 0.267. The van der Waals surface area contributed by atoms with Gasteiger partial charge in [0.1, 0.15) is 4.90 Å². The first kappa shape index (κ1) is 14.5. The van der Waals surface area contributed by atoms with E-state index in [0.29, 0.717) is 17.9 Å². The van der Waals surface area contributed by atoms with Crippen LogP contribution in [0.4, 0.5) is 0 Å². The van der Waals surface area contributed by atoms with Gasteiger partial charge in [0.15, 0.2) is 0 Å². The van der Waals surface area contributed by atoms with Crippen LogP contribution in [-0.2, 0) is 16.6 Å². The van der Waals surface area contributed by atoms with Crippen LogP contribution >= 0.6 is 0 Å². The number of sulfonamides is 1. The van der Waals surface area contributed by atoms with E-state index < -0.39 is 10.0 Å². The van der Waals surface area contributed by atoms with E-state index in [9.17, 15) is 8.42 Å². The van der Waals surface area contributed by atoms with Gasteiger partial charge in [-0.05, 0) is 26.7 Å². The summed E-state index contributed by atoms with van der Waals surface area (Å²) >= 11 is 0. The molecule has 1 fully saturated rings. The first-order valence-electron chi connectivity index (χ1n) is 6.63. The number of nitrogens with zero attached hydrogens (tertiary/aromatic N) is 2. The molecular weight excluding hydrogens is 266 g/mol. The number of nitrogens with one attached hydrogen (secondary N) is 1. The molecule has 0 aromatic carbocycles. The molecule has 0 radical (unpaired) electrons. The SMILES string of the molecule is Cc1nn(CCO)c(C)c1S(=O)(=O)NC1CCCC1. The van der Waals surface area contributed by atoms with E-state index in [2.05, 4.69) is 9.82 Å². The van der Waals surface area contributed by atoms with Gasteiger partial charge in [-0.15, -0.1) is 0 Å². The van der Waals surface area contributed by atoms with Crippen molar-refractivity contribution in [3.8, 4) is 0 Å². The Morgan fingerprint density at radius 2 is 2.00 bits per heavy atom. The maximum Gasteiger partial charge on any atom is 0.244 e. The molecule has 0 aliphatic heterocycles. The highest BCUT2D eigenvalue weighted by Gasteiger charge is 2.28. The van der Waals surface area contributed by atoms with E-state index in [4.69, 9.17) is 5.11 Å². The van der Waals surface area contributed by atoms with Gasteiger partial charge in [0.05, 0.1) is 24.5 Å². The molecule has 1 aliphatic rings. The lowest BCUT2D eigenvalue weighted by Crippen LogP contribution is -2.33. The third-order valence-corrected chi connectivity index (χ3v) is 5.34. The third-order valence-electron chi connectivity index (χ3n) is 3.57. The second kappa shape index (κ2) is 5.60. The third kappa shape index (κ3) is 2.98. The zero-order chi connectivity index (χ0) is 14.0. The largest absolute Gasteiger partial charge is 0.394 e. The molecule has 108 valence electrons. The maximum atomic E-state index is 12.4. The topological polar surface area (TPSA) is 84.2 Å². The molecule has 1 aromatic rings. The molecule has 1 heterocycles. The molecule has 19 heavy (non-hydrogen) atoms. The van der Waals surface area contributed by atoms with Crippen LogP contribution < -0.4 is 4.72 Å². The second-order valence-electron chi connectivity index (χ2n) is 5.05. The van der Waals surface area contributed by atoms with Crippen molar-refractivity contribution in [1.82, 2.24) is 14.5 Å². The Morgan fingerprint density at radius 3 is 2.58 bits per heavy atom. The normalized spacial score (nSPS) is 17.2.